The molecule has 3 N–H and O–H groups in total. The van der Waals surface area contributed by atoms with Crippen molar-refractivity contribution in [3.63, 3.8) is 0 Å². The quantitative estimate of drug-likeness (QED) is 0.702. The summed E-state index contributed by atoms with van der Waals surface area (Å²) in [6.07, 6.45) is 1.16. The number of nitriles is 1. The number of anilines is 1. The summed E-state index contributed by atoms with van der Waals surface area (Å²) in [5, 5.41) is 22.7. The first-order valence-electron chi connectivity index (χ1n) is 5.99. The van der Waals surface area contributed by atoms with Gasteiger partial charge in [0, 0.05) is 13.0 Å². The minimum Gasteiger partial charge on any atom is -0.481 e. The van der Waals surface area contributed by atoms with Crippen molar-refractivity contribution in [3.05, 3.63) is 28.8 Å². The first kappa shape index (κ1) is 15.8. The molecule has 106 valence electrons. The van der Waals surface area contributed by atoms with Crippen LogP contribution < -0.4 is 10.6 Å². The third kappa shape index (κ3) is 5.59. The van der Waals surface area contributed by atoms with E-state index < -0.39 is 12.0 Å². The number of nitrogens with one attached hydrogen (secondary N) is 2. The van der Waals surface area contributed by atoms with Crippen molar-refractivity contribution in [3.8, 4) is 6.07 Å². The second-order valence-corrected chi connectivity index (χ2v) is 4.45. The molecule has 0 aliphatic carbocycles. The number of aliphatic carboxylic acids is 1. The molecule has 1 aromatic rings. The van der Waals surface area contributed by atoms with Gasteiger partial charge in [0.25, 0.3) is 0 Å². The monoisotopic (exact) mass is 295 g/mol. The average molecular weight is 296 g/mol. The van der Waals surface area contributed by atoms with Crippen LogP contribution in [0.5, 0.6) is 0 Å². The topological polar surface area (TPSA) is 102 Å². The molecule has 20 heavy (non-hydrogen) atoms. The molecule has 0 aliphatic heterocycles. The highest BCUT2D eigenvalue weighted by molar-refractivity contribution is 6.33. The number of hydrogen-bond donors (Lipinski definition) is 3. The highest BCUT2D eigenvalue weighted by Gasteiger charge is 2.06. The molecule has 1 aromatic carbocycles. The van der Waals surface area contributed by atoms with Gasteiger partial charge in [0.15, 0.2) is 0 Å². The van der Waals surface area contributed by atoms with Crippen LogP contribution in [0.2, 0.25) is 5.02 Å². The van der Waals surface area contributed by atoms with Crippen LogP contribution in [0.25, 0.3) is 0 Å². The van der Waals surface area contributed by atoms with Crippen LogP contribution in [0.3, 0.4) is 0 Å². The van der Waals surface area contributed by atoms with Crippen LogP contribution in [0.1, 0.15) is 24.8 Å². The van der Waals surface area contributed by atoms with Crippen molar-refractivity contribution < 1.29 is 14.7 Å². The van der Waals surface area contributed by atoms with Gasteiger partial charge in [0.1, 0.15) is 0 Å². The fourth-order valence-electron chi connectivity index (χ4n) is 1.46. The predicted octanol–water partition coefficient (Wildman–Crippen LogP) is 2.59. The molecule has 0 aromatic heterocycles. The molecular formula is C13H14ClN3O3. The second-order valence-electron chi connectivity index (χ2n) is 4.04. The van der Waals surface area contributed by atoms with Gasteiger partial charge in [0.2, 0.25) is 0 Å². The lowest BCUT2D eigenvalue weighted by atomic mass is 10.2. The molecule has 2 amide bonds. The summed E-state index contributed by atoms with van der Waals surface area (Å²) in [5.74, 6) is -0.852. The number of hydrogen-bond acceptors (Lipinski definition) is 3. The van der Waals surface area contributed by atoms with Gasteiger partial charge in [-0.3, -0.25) is 4.79 Å². The molecule has 0 heterocycles. The van der Waals surface area contributed by atoms with Crippen molar-refractivity contribution in [1.82, 2.24) is 5.32 Å². The summed E-state index contributed by atoms with van der Waals surface area (Å²) >= 11 is 5.90. The van der Waals surface area contributed by atoms with Crippen LogP contribution in [-0.2, 0) is 4.79 Å². The highest BCUT2D eigenvalue weighted by atomic mass is 35.5. The van der Waals surface area contributed by atoms with Gasteiger partial charge in [-0.1, -0.05) is 11.6 Å². The molecule has 0 fully saturated rings. The molecule has 0 spiro atoms. The number of carbonyl (C=O) groups is 2. The third-order valence-corrected chi connectivity index (χ3v) is 2.78. The van der Waals surface area contributed by atoms with Crippen molar-refractivity contribution >= 4 is 29.3 Å². The van der Waals surface area contributed by atoms with Crippen LogP contribution in [0.15, 0.2) is 18.2 Å². The lowest BCUT2D eigenvalue weighted by molar-refractivity contribution is -0.137. The second kappa shape index (κ2) is 8.02. The fraction of sp³-hybridized carbons (Fsp3) is 0.308. The Labute approximate surface area is 121 Å². The lowest BCUT2D eigenvalue weighted by Gasteiger charge is -2.09. The Morgan fingerprint density at radius 1 is 1.35 bits per heavy atom. The molecule has 0 saturated heterocycles. The lowest BCUT2D eigenvalue weighted by Crippen LogP contribution is -2.29. The SMILES string of the molecule is N#Cc1ccc(Cl)c(NC(=O)NCCCCC(=O)O)c1. The van der Waals surface area contributed by atoms with Crippen molar-refractivity contribution in [2.45, 2.75) is 19.3 Å². The van der Waals surface area contributed by atoms with E-state index in [4.69, 9.17) is 22.0 Å². The largest absolute Gasteiger partial charge is 0.481 e. The molecular weight excluding hydrogens is 282 g/mol. The van der Waals surface area contributed by atoms with E-state index in [0.29, 0.717) is 35.7 Å². The molecule has 0 atom stereocenters. The van der Waals surface area contributed by atoms with E-state index >= 15 is 0 Å². The summed E-state index contributed by atoms with van der Waals surface area (Å²) in [5.41, 5.74) is 0.750. The number of amides is 2. The molecule has 0 saturated carbocycles. The number of carbonyl (C=O) groups excluding carboxylic acids is 1. The number of carboxylic acids is 1. The van der Waals surface area contributed by atoms with Gasteiger partial charge >= 0.3 is 12.0 Å². The normalized spacial score (nSPS) is 9.60. The number of nitrogens with zero attached hydrogens (tertiary/aromatic N) is 1. The van der Waals surface area contributed by atoms with E-state index in [9.17, 15) is 9.59 Å². The van der Waals surface area contributed by atoms with Crippen LogP contribution >= 0.6 is 11.6 Å². The predicted molar refractivity (Wildman–Crippen MR) is 74.7 cm³/mol. The van der Waals surface area contributed by atoms with Gasteiger partial charge in [-0.15, -0.1) is 0 Å². The first-order chi connectivity index (χ1) is 9.52. The van der Waals surface area contributed by atoms with Crippen LogP contribution in [0.4, 0.5) is 10.5 Å². The number of unbranched alkanes of at least 4 members (excludes halogenated alkanes) is 1. The van der Waals surface area contributed by atoms with Gasteiger partial charge in [0.05, 0.1) is 22.3 Å². The maximum absolute atomic E-state index is 11.6. The zero-order valence-electron chi connectivity index (χ0n) is 10.6. The maximum atomic E-state index is 11.6. The molecule has 0 unspecified atom stereocenters. The maximum Gasteiger partial charge on any atom is 0.319 e. The van der Waals surface area contributed by atoms with E-state index in [1.54, 1.807) is 6.07 Å². The van der Waals surface area contributed by atoms with E-state index in [2.05, 4.69) is 10.6 Å². The fourth-order valence-corrected chi connectivity index (χ4v) is 1.63. The molecule has 0 radical (unpaired) electrons. The molecule has 0 bridgehead atoms. The standard InChI is InChI=1S/C13H14ClN3O3/c14-10-5-4-9(8-15)7-11(10)17-13(20)16-6-2-1-3-12(18)19/h4-5,7H,1-3,6H2,(H,18,19)(H2,16,17,20). The minimum atomic E-state index is -0.852. The Kier molecular flexibility index (Phi) is 6.33. The van der Waals surface area contributed by atoms with Gasteiger partial charge in [-0.05, 0) is 31.0 Å². The number of carboxylic acid groups (broad SMARTS) is 1. The van der Waals surface area contributed by atoms with Crippen molar-refractivity contribution in [2.75, 3.05) is 11.9 Å². The number of halogens is 1. The van der Waals surface area contributed by atoms with Gasteiger partial charge in [-0.25, -0.2) is 4.79 Å². The van der Waals surface area contributed by atoms with E-state index in [0.717, 1.165) is 0 Å². The van der Waals surface area contributed by atoms with E-state index in [-0.39, 0.29) is 6.42 Å². The Morgan fingerprint density at radius 2 is 2.10 bits per heavy atom. The number of urea groups is 1. The van der Waals surface area contributed by atoms with Gasteiger partial charge in [-0.2, -0.15) is 5.26 Å². The zero-order chi connectivity index (χ0) is 15.0. The van der Waals surface area contributed by atoms with Crippen molar-refractivity contribution in [1.29, 1.82) is 5.26 Å². The minimum absolute atomic E-state index is 0.0827. The molecule has 6 nitrogen and oxygen atoms in total. The summed E-state index contributed by atoms with van der Waals surface area (Å²) in [6.45, 7) is 0.370. The Bertz CT molecular complexity index is 540. The Balaban J connectivity index is 2.39. The smallest absolute Gasteiger partial charge is 0.319 e. The highest BCUT2D eigenvalue weighted by Crippen LogP contribution is 2.22. The molecule has 1 rings (SSSR count). The molecule has 7 heteroatoms. The van der Waals surface area contributed by atoms with Crippen LogP contribution in [0, 0.1) is 11.3 Å². The zero-order valence-corrected chi connectivity index (χ0v) is 11.4. The summed E-state index contributed by atoms with van der Waals surface area (Å²) in [4.78, 5) is 21.9. The summed E-state index contributed by atoms with van der Waals surface area (Å²) < 4.78 is 0. The van der Waals surface area contributed by atoms with Crippen molar-refractivity contribution in [2.24, 2.45) is 0 Å². The van der Waals surface area contributed by atoms with E-state index in [1.807, 2.05) is 6.07 Å². The summed E-state index contributed by atoms with van der Waals surface area (Å²) in [7, 11) is 0. The Morgan fingerprint density at radius 3 is 2.75 bits per heavy atom. The van der Waals surface area contributed by atoms with Gasteiger partial charge < -0.3 is 15.7 Å². The third-order valence-electron chi connectivity index (χ3n) is 2.45. The average Bonchev–Trinajstić information content (AvgIpc) is 2.40. The van der Waals surface area contributed by atoms with E-state index in [1.165, 1.54) is 12.1 Å². The summed E-state index contributed by atoms with van der Waals surface area (Å²) in [6, 6.07) is 6.07. The van der Waals surface area contributed by atoms with Crippen LogP contribution in [-0.4, -0.2) is 23.7 Å². The molecule has 0 aliphatic rings. The number of rotatable bonds is 6. The number of benzene rings is 1. The Hall–Kier alpha value is -2.26. The first-order valence-corrected chi connectivity index (χ1v) is 6.37.